The van der Waals surface area contributed by atoms with Crippen LogP contribution in [0.15, 0.2) is 21.7 Å². The highest BCUT2D eigenvalue weighted by atomic mass is 79.9. The molecular formula is C15H25BrO. The van der Waals surface area contributed by atoms with Gasteiger partial charge in [-0.05, 0) is 52.8 Å². The lowest BCUT2D eigenvalue weighted by molar-refractivity contribution is 0.207. The van der Waals surface area contributed by atoms with Crippen LogP contribution in [0, 0.1) is 17.8 Å². The highest BCUT2D eigenvalue weighted by Gasteiger charge is 2.25. The van der Waals surface area contributed by atoms with Gasteiger partial charge in [0, 0.05) is 6.42 Å². The Balaban J connectivity index is 3.04. The van der Waals surface area contributed by atoms with Crippen LogP contribution in [-0.4, -0.2) is 11.2 Å². The zero-order valence-corrected chi connectivity index (χ0v) is 13.2. The van der Waals surface area contributed by atoms with Crippen molar-refractivity contribution in [3.8, 4) is 0 Å². The molecule has 1 rings (SSSR count). The monoisotopic (exact) mass is 300 g/mol. The molecule has 98 valence electrons. The standard InChI is InChI=1S/C15H25BrO/c1-9(2)6-13(10(3)4)14-7-12(16)8-15(17)11(14)5/h7,9-10,13,15,17H,6,8H2,1-5H3. The molecule has 0 saturated heterocycles. The van der Waals surface area contributed by atoms with Crippen LogP contribution < -0.4 is 0 Å². The van der Waals surface area contributed by atoms with E-state index in [0.717, 1.165) is 16.5 Å². The average molecular weight is 301 g/mol. The van der Waals surface area contributed by atoms with E-state index in [2.05, 4.69) is 56.6 Å². The first-order valence-electron chi connectivity index (χ1n) is 6.57. The third-order valence-electron chi connectivity index (χ3n) is 3.59. The molecule has 0 aromatic carbocycles. The fraction of sp³-hybridized carbons (Fsp3) is 0.733. The van der Waals surface area contributed by atoms with Crippen LogP contribution in [0.4, 0.5) is 0 Å². The molecule has 1 aliphatic rings. The normalized spacial score (nSPS) is 23.4. The quantitative estimate of drug-likeness (QED) is 0.800. The number of aliphatic hydroxyl groups excluding tert-OH is 1. The van der Waals surface area contributed by atoms with Crippen LogP contribution >= 0.6 is 15.9 Å². The fourth-order valence-electron chi connectivity index (χ4n) is 2.54. The third kappa shape index (κ3) is 3.96. The lowest BCUT2D eigenvalue weighted by atomic mass is 9.77. The molecule has 0 aromatic rings. The molecule has 1 N–H and O–H groups in total. The SMILES string of the molecule is CC1=C(C(CC(C)C)C(C)C)C=C(Br)CC1O. The largest absolute Gasteiger partial charge is 0.388 e. The van der Waals surface area contributed by atoms with Crippen LogP contribution in [0.2, 0.25) is 0 Å². The summed E-state index contributed by atoms with van der Waals surface area (Å²) in [5, 5.41) is 10.1. The molecule has 0 aliphatic heterocycles. The molecule has 2 atom stereocenters. The molecule has 0 spiro atoms. The first-order valence-corrected chi connectivity index (χ1v) is 7.37. The van der Waals surface area contributed by atoms with Crippen LogP contribution in [0.5, 0.6) is 0 Å². The summed E-state index contributed by atoms with van der Waals surface area (Å²) in [6.07, 6.45) is 3.84. The zero-order valence-electron chi connectivity index (χ0n) is 11.6. The topological polar surface area (TPSA) is 20.2 Å². The van der Waals surface area contributed by atoms with Gasteiger partial charge in [0.05, 0.1) is 6.10 Å². The van der Waals surface area contributed by atoms with Crippen LogP contribution in [-0.2, 0) is 0 Å². The summed E-state index contributed by atoms with van der Waals surface area (Å²) >= 11 is 3.55. The summed E-state index contributed by atoms with van der Waals surface area (Å²) in [4.78, 5) is 0. The Morgan fingerprint density at radius 1 is 1.35 bits per heavy atom. The Kier molecular flexibility index (Phi) is 5.46. The van der Waals surface area contributed by atoms with Crippen LogP contribution in [0.1, 0.15) is 47.5 Å². The van der Waals surface area contributed by atoms with Crippen molar-refractivity contribution in [3.63, 3.8) is 0 Å². The highest BCUT2D eigenvalue weighted by molar-refractivity contribution is 9.11. The van der Waals surface area contributed by atoms with Crippen LogP contribution in [0.3, 0.4) is 0 Å². The Bertz CT molecular complexity index is 326. The molecule has 0 saturated carbocycles. The van der Waals surface area contributed by atoms with Gasteiger partial charge in [0.25, 0.3) is 0 Å². The molecule has 0 bridgehead atoms. The zero-order chi connectivity index (χ0) is 13.2. The van der Waals surface area contributed by atoms with E-state index >= 15 is 0 Å². The Morgan fingerprint density at radius 3 is 2.41 bits per heavy atom. The minimum Gasteiger partial charge on any atom is -0.388 e. The van der Waals surface area contributed by atoms with Gasteiger partial charge in [0.1, 0.15) is 0 Å². The molecule has 2 heteroatoms. The van der Waals surface area contributed by atoms with E-state index in [0.29, 0.717) is 17.8 Å². The van der Waals surface area contributed by atoms with E-state index in [1.165, 1.54) is 12.0 Å². The molecule has 1 nitrogen and oxygen atoms in total. The molecular weight excluding hydrogens is 276 g/mol. The van der Waals surface area contributed by atoms with E-state index in [-0.39, 0.29) is 6.10 Å². The predicted molar refractivity (Wildman–Crippen MR) is 78.1 cm³/mol. The number of allylic oxidation sites excluding steroid dienone is 2. The lowest BCUT2D eigenvalue weighted by Gasteiger charge is -2.30. The summed E-state index contributed by atoms with van der Waals surface area (Å²) < 4.78 is 1.13. The maximum Gasteiger partial charge on any atom is 0.0798 e. The lowest BCUT2D eigenvalue weighted by Crippen LogP contribution is -2.21. The van der Waals surface area contributed by atoms with E-state index in [9.17, 15) is 5.11 Å². The second kappa shape index (κ2) is 6.19. The van der Waals surface area contributed by atoms with Gasteiger partial charge >= 0.3 is 0 Å². The second-order valence-electron chi connectivity index (χ2n) is 5.93. The van der Waals surface area contributed by atoms with Gasteiger partial charge in [-0.25, -0.2) is 0 Å². The molecule has 0 amide bonds. The van der Waals surface area contributed by atoms with Crippen molar-refractivity contribution in [2.45, 2.75) is 53.6 Å². The van der Waals surface area contributed by atoms with Gasteiger partial charge in [-0.1, -0.05) is 43.6 Å². The average Bonchev–Trinajstić information content (AvgIpc) is 2.19. The number of hydrogen-bond acceptors (Lipinski definition) is 1. The number of halogens is 1. The van der Waals surface area contributed by atoms with Crippen molar-refractivity contribution in [3.05, 3.63) is 21.7 Å². The van der Waals surface area contributed by atoms with E-state index in [1.54, 1.807) is 0 Å². The van der Waals surface area contributed by atoms with Gasteiger partial charge in [0.15, 0.2) is 0 Å². The summed E-state index contributed by atoms with van der Waals surface area (Å²) in [5.41, 5.74) is 2.51. The third-order valence-corrected chi connectivity index (χ3v) is 4.14. The van der Waals surface area contributed by atoms with Crippen molar-refractivity contribution < 1.29 is 5.11 Å². The first kappa shape index (κ1) is 15.0. The molecule has 0 fully saturated rings. The predicted octanol–water partition coefficient (Wildman–Crippen LogP) is 4.66. The summed E-state index contributed by atoms with van der Waals surface area (Å²) in [6.45, 7) is 11.2. The maximum atomic E-state index is 10.1. The van der Waals surface area contributed by atoms with E-state index < -0.39 is 0 Å². The van der Waals surface area contributed by atoms with Crippen molar-refractivity contribution >= 4 is 15.9 Å². The fourth-order valence-corrected chi connectivity index (χ4v) is 3.09. The smallest absolute Gasteiger partial charge is 0.0798 e. The summed E-state index contributed by atoms with van der Waals surface area (Å²) in [6, 6.07) is 0. The maximum absolute atomic E-state index is 10.1. The number of aliphatic hydroxyl groups is 1. The van der Waals surface area contributed by atoms with Gasteiger partial charge in [-0.15, -0.1) is 0 Å². The van der Waals surface area contributed by atoms with E-state index in [1.807, 2.05) is 0 Å². The second-order valence-corrected chi connectivity index (χ2v) is 6.95. The van der Waals surface area contributed by atoms with Gasteiger partial charge < -0.3 is 5.11 Å². The number of rotatable bonds is 4. The molecule has 17 heavy (non-hydrogen) atoms. The summed E-state index contributed by atoms with van der Waals surface area (Å²) in [7, 11) is 0. The van der Waals surface area contributed by atoms with E-state index in [4.69, 9.17) is 0 Å². The van der Waals surface area contributed by atoms with Crippen molar-refractivity contribution in [2.24, 2.45) is 17.8 Å². The molecule has 1 aliphatic carbocycles. The van der Waals surface area contributed by atoms with Crippen molar-refractivity contribution in [2.75, 3.05) is 0 Å². The first-order chi connectivity index (χ1) is 7.82. The molecule has 0 aromatic heterocycles. The van der Waals surface area contributed by atoms with Crippen molar-refractivity contribution in [1.82, 2.24) is 0 Å². The molecule has 0 heterocycles. The minimum absolute atomic E-state index is 0.308. The Labute approximate surface area is 114 Å². The van der Waals surface area contributed by atoms with Gasteiger partial charge in [0.2, 0.25) is 0 Å². The highest BCUT2D eigenvalue weighted by Crippen LogP contribution is 2.37. The molecule has 0 radical (unpaired) electrons. The number of hydrogen-bond donors (Lipinski definition) is 1. The van der Waals surface area contributed by atoms with Gasteiger partial charge in [-0.3, -0.25) is 0 Å². The minimum atomic E-state index is -0.308. The Hall–Kier alpha value is -0.0800. The van der Waals surface area contributed by atoms with Gasteiger partial charge in [-0.2, -0.15) is 0 Å². The summed E-state index contributed by atoms with van der Waals surface area (Å²) in [5.74, 6) is 1.86. The van der Waals surface area contributed by atoms with Crippen LogP contribution in [0.25, 0.3) is 0 Å². The molecule has 2 unspecified atom stereocenters. The Morgan fingerprint density at radius 2 is 1.94 bits per heavy atom. The van der Waals surface area contributed by atoms with Crippen molar-refractivity contribution in [1.29, 1.82) is 0 Å².